The third-order valence-corrected chi connectivity index (χ3v) is 3.88. The van der Waals surface area contributed by atoms with Gasteiger partial charge >= 0.3 is 5.97 Å². The number of hydrogen-bond donors (Lipinski definition) is 0. The summed E-state index contributed by atoms with van der Waals surface area (Å²) in [5.74, 6) is 2.06. The molecule has 0 fully saturated rings. The van der Waals surface area contributed by atoms with Crippen molar-refractivity contribution in [2.45, 2.75) is 12.8 Å². The zero-order valence-corrected chi connectivity index (χ0v) is 13.6. The molecule has 1 aromatic carbocycles. The summed E-state index contributed by atoms with van der Waals surface area (Å²) in [6.45, 7) is 0.245. The van der Waals surface area contributed by atoms with Gasteiger partial charge in [0.25, 0.3) is 5.56 Å². The maximum absolute atomic E-state index is 12.7. The summed E-state index contributed by atoms with van der Waals surface area (Å²) in [6, 6.07) is 16.1. The fourth-order valence-electron chi connectivity index (χ4n) is 2.71. The van der Waals surface area contributed by atoms with Crippen molar-refractivity contribution in [2.24, 2.45) is 0 Å². The number of ether oxygens (including phenoxy) is 1. The van der Waals surface area contributed by atoms with E-state index in [0.29, 0.717) is 29.5 Å². The summed E-state index contributed by atoms with van der Waals surface area (Å²) in [5, 5.41) is 0. The van der Waals surface area contributed by atoms with Crippen LogP contribution in [-0.4, -0.2) is 17.0 Å². The maximum Gasteiger partial charge on any atom is 0.340 e. The van der Waals surface area contributed by atoms with E-state index in [1.807, 2.05) is 30.3 Å². The summed E-state index contributed by atoms with van der Waals surface area (Å²) in [6.07, 6.45) is 8.01. The number of esters is 1. The predicted octanol–water partition coefficient (Wildman–Crippen LogP) is 3.54. The van der Waals surface area contributed by atoms with E-state index < -0.39 is 5.97 Å². The fourth-order valence-corrected chi connectivity index (χ4v) is 2.71. The molecule has 4 heteroatoms. The number of pyridine rings is 2. The van der Waals surface area contributed by atoms with E-state index in [4.69, 9.17) is 11.2 Å². The van der Waals surface area contributed by atoms with E-state index in [1.54, 1.807) is 24.4 Å². The van der Waals surface area contributed by atoms with Crippen molar-refractivity contribution in [2.75, 3.05) is 6.61 Å². The van der Waals surface area contributed by atoms with Crippen molar-refractivity contribution < 1.29 is 9.53 Å². The third kappa shape index (κ3) is 3.46. The summed E-state index contributed by atoms with van der Waals surface area (Å²) in [4.78, 5) is 25.2. The molecular formula is C21H17NO3. The first-order valence-corrected chi connectivity index (χ1v) is 8.03. The number of unbranched alkanes of at least 4 members (excludes halogenated alkanes) is 1. The van der Waals surface area contributed by atoms with Crippen LogP contribution in [0.1, 0.15) is 23.2 Å². The first-order valence-electron chi connectivity index (χ1n) is 8.03. The van der Waals surface area contributed by atoms with Gasteiger partial charge in [-0.05, 0) is 24.1 Å². The molecule has 124 valence electrons. The Bertz CT molecular complexity index is 997. The van der Waals surface area contributed by atoms with Crippen LogP contribution in [0.15, 0.2) is 65.6 Å². The Hall–Kier alpha value is -3.32. The number of benzene rings is 1. The highest BCUT2D eigenvalue weighted by Crippen LogP contribution is 2.26. The molecule has 4 nitrogen and oxygen atoms in total. The number of fused-ring (bicyclic) bond motifs is 1. The largest absolute Gasteiger partial charge is 0.462 e. The minimum absolute atomic E-state index is 0.196. The lowest BCUT2D eigenvalue weighted by Gasteiger charge is -2.13. The molecule has 3 rings (SSSR count). The predicted molar refractivity (Wildman–Crippen MR) is 97.5 cm³/mol. The van der Waals surface area contributed by atoms with Crippen LogP contribution in [0, 0.1) is 12.3 Å². The van der Waals surface area contributed by atoms with Gasteiger partial charge in [0.05, 0.1) is 17.7 Å². The summed E-state index contributed by atoms with van der Waals surface area (Å²) in [5.41, 5.74) is 2.07. The summed E-state index contributed by atoms with van der Waals surface area (Å²) >= 11 is 0. The van der Waals surface area contributed by atoms with E-state index in [2.05, 4.69) is 5.92 Å². The Morgan fingerprint density at radius 1 is 1.12 bits per heavy atom. The molecule has 2 aromatic heterocycles. The molecule has 3 aromatic rings. The van der Waals surface area contributed by atoms with Crippen molar-refractivity contribution in [1.82, 2.24) is 4.40 Å². The van der Waals surface area contributed by atoms with Gasteiger partial charge in [0.2, 0.25) is 0 Å². The molecule has 0 N–H and O–H groups in total. The second-order valence-electron chi connectivity index (χ2n) is 5.54. The topological polar surface area (TPSA) is 47.8 Å². The second kappa shape index (κ2) is 7.50. The highest BCUT2D eigenvalue weighted by molar-refractivity contribution is 6.03. The standard InChI is InChI=1S/C21H17NO3/c1-2-3-9-14-25-21(24)20-17(16-10-5-4-6-11-16)15-19(23)22-13-8-7-12-18(20)22/h1,4-8,10-13,15H,3,9,14H2. The van der Waals surface area contributed by atoms with Crippen LogP contribution >= 0.6 is 0 Å². The van der Waals surface area contributed by atoms with Gasteiger partial charge in [-0.15, -0.1) is 12.3 Å². The van der Waals surface area contributed by atoms with E-state index in [-0.39, 0.29) is 12.2 Å². The number of hydrogen-bond acceptors (Lipinski definition) is 3. The number of carbonyl (C=O) groups is 1. The van der Waals surface area contributed by atoms with Gasteiger partial charge in [-0.25, -0.2) is 4.79 Å². The molecule has 0 aliphatic heterocycles. The number of carbonyl (C=O) groups excluding carboxylic acids is 1. The lowest BCUT2D eigenvalue weighted by Crippen LogP contribution is -2.18. The van der Waals surface area contributed by atoms with E-state index in [9.17, 15) is 9.59 Å². The minimum Gasteiger partial charge on any atom is -0.462 e. The number of aromatic nitrogens is 1. The molecule has 25 heavy (non-hydrogen) atoms. The molecule has 0 aliphatic carbocycles. The first kappa shape index (κ1) is 16.5. The number of terminal acetylenes is 1. The lowest BCUT2D eigenvalue weighted by atomic mass is 9.99. The first-order chi connectivity index (χ1) is 12.2. The third-order valence-electron chi connectivity index (χ3n) is 3.88. The van der Waals surface area contributed by atoms with Crippen molar-refractivity contribution >= 4 is 11.5 Å². The van der Waals surface area contributed by atoms with Gasteiger partial charge in [0, 0.05) is 24.2 Å². The highest BCUT2D eigenvalue weighted by atomic mass is 16.5. The van der Waals surface area contributed by atoms with Gasteiger partial charge in [0.1, 0.15) is 0 Å². The zero-order valence-electron chi connectivity index (χ0n) is 13.6. The molecule has 0 amide bonds. The molecule has 0 saturated carbocycles. The van der Waals surface area contributed by atoms with Gasteiger partial charge in [-0.1, -0.05) is 36.4 Å². The van der Waals surface area contributed by atoms with Crippen LogP contribution in [0.2, 0.25) is 0 Å². The van der Waals surface area contributed by atoms with Crippen LogP contribution in [0.4, 0.5) is 0 Å². The summed E-state index contributed by atoms with van der Waals surface area (Å²) in [7, 11) is 0. The molecular weight excluding hydrogens is 314 g/mol. The number of rotatable bonds is 5. The Kier molecular flexibility index (Phi) is 4.96. The monoisotopic (exact) mass is 331 g/mol. The van der Waals surface area contributed by atoms with Gasteiger partial charge in [-0.3, -0.25) is 9.20 Å². The lowest BCUT2D eigenvalue weighted by molar-refractivity contribution is 0.0504. The van der Waals surface area contributed by atoms with Crippen molar-refractivity contribution in [3.63, 3.8) is 0 Å². The van der Waals surface area contributed by atoms with E-state index in [0.717, 1.165) is 5.56 Å². The fraction of sp³-hybridized carbons (Fsp3) is 0.143. The van der Waals surface area contributed by atoms with Crippen LogP contribution in [0.3, 0.4) is 0 Å². The molecule has 0 spiro atoms. The summed E-state index contributed by atoms with van der Waals surface area (Å²) < 4.78 is 6.84. The highest BCUT2D eigenvalue weighted by Gasteiger charge is 2.19. The molecule has 0 radical (unpaired) electrons. The van der Waals surface area contributed by atoms with E-state index >= 15 is 0 Å². The SMILES string of the molecule is C#CCCCOC(=O)c1c(-c2ccccc2)cc(=O)n2ccccc12. The van der Waals surface area contributed by atoms with Crippen molar-refractivity contribution in [1.29, 1.82) is 0 Å². The van der Waals surface area contributed by atoms with Gasteiger partial charge in [-0.2, -0.15) is 0 Å². The van der Waals surface area contributed by atoms with Crippen molar-refractivity contribution in [3.8, 4) is 23.5 Å². The molecule has 0 unspecified atom stereocenters. The molecule has 0 saturated heterocycles. The quantitative estimate of drug-likeness (QED) is 0.408. The normalized spacial score (nSPS) is 10.4. The Morgan fingerprint density at radius 2 is 1.88 bits per heavy atom. The molecule has 0 aliphatic rings. The van der Waals surface area contributed by atoms with Gasteiger partial charge < -0.3 is 4.74 Å². The molecule has 2 heterocycles. The Balaban J connectivity index is 2.13. The van der Waals surface area contributed by atoms with E-state index in [1.165, 1.54) is 10.5 Å². The second-order valence-corrected chi connectivity index (χ2v) is 5.54. The van der Waals surface area contributed by atoms with Crippen LogP contribution in [0.25, 0.3) is 16.6 Å². The molecule has 0 atom stereocenters. The smallest absolute Gasteiger partial charge is 0.340 e. The zero-order chi connectivity index (χ0) is 17.6. The van der Waals surface area contributed by atoms with Crippen molar-refractivity contribution in [3.05, 3.63) is 76.7 Å². The van der Waals surface area contributed by atoms with Crippen LogP contribution < -0.4 is 5.56 Å². The van der Waals surface area contributed by atoms with Crippen LogP contribution in [-0.2, 0) is 4.74 Å². The average Bonchev–Trinajstić information content (AvgIpc) is 2.66. The maximum atomic E-state index is 12.7. The number of nitrogens with zero attached hydrogens (tertiary/aromatic N) is 1. The average molecular weight is 331 g/mol. The Labute approximate surface area is 145 Å². The van der Waals surface area contributed by atoms with Crippen LogP contribution in [0.5, 0.6) is 0 Å². The minimum atomic E-state index is -0.459. The van der Waals surface area contributed by atoms with Gasteiger partial charge in [0.15, 0.2) is 0 Å². The molecule has 0 bridgehead atoms. The Morgan fingerprint density at radius 3 is 2.64 bits per heavy atom.